The van der Waals surface area contributed by atoms with Crippen LogP contribution in [0.1, 0.15) is 110 Å². The highest BCUT2D eigenvalue weighted by Crippen LogP contribution is 2.37. The number of hydrogen-bond donors (Lipinski definition) is 2. The number of nitrogens with zero attached hydrogens (tertiary/aromatic N) is 1. The molecule has 0 heterocycles. The molecule has 0 unspecified atom stereocenters. The zero-order valence-electron chi connectivity index (χ0n) is 22.4. The van der Waals surface area contributed by atoms with Crippen LogP contribution in [0.25, 0.3) is 0 Å². The van der Waals surface area contributed by atoms with Crippen molar-refractivity contribution in [1.82, 2.24) is 15.5 Å². The fourth-order valence-electron chi connectivity index (χ4n) is 4.56. The second kappa shape index (κ2) is 19.8. The summed E-state index contributed by atoms with van der Waals surface area (Å²) in [5.74, 6) is 0. The van der Waals surface area contributed by atoms with Crippen LogP contribution in [-0.4, -0.2) is 64.0 Å². The highest BCUT2D eigenvalue weighted by Gasteiger charge is 2.35. The van der Waals surface area contributed by atoms with Gasteiger partial charge in [0.1, 0.15) is 13.2 Å². The van der Waals surface area contributed by atoms with E-state index < -0.39 is 0 Å². The summed E-state index contributed by atoms with van der Waals surface area (Å²) in [6.45, 7) is 5.05. The number of rotatable bonds is 19. The molecule has 200 valence electrons. The molecule has 0 aliphatic heterocycles. The van der Waals surface area contributed by atoms with Gasteiger partial charge in [0.15, 0.2) is 0 Å². The molecule has 1 aliphatic rings. The topological polar surface area (TPSA) is 79.9 Å². The van der Waals surface area contributed by atoms with Crippen LogP contribution in [0.2, 0.25) is 0 Å². The number of carbonyl (C=O) groups is 2. The first-order valence-corrected chi connectivity index (χ1v) is 13.9. The van der Waals surface area contributed by atoms with Crippen molar-refractivity contribution in [2.24, 2.45) is 5.41 Å². The molecule has 1 aliphatic carbocycles. The van der Waals surface area contributed by atoms with E-state index in [1.807, 2.05) is 14.1 Å². The maximum Gasteiger partial charge on any atom is 0.407 e. The molecule has 0 spiro atoms. The van der Waals surface area contributed by atoms with Gasteiger partial charge >= 0.3 is 12.2 Å². The van der Waals surface area contributed by atoms with Gasteiger partial charge in [0.25, 0.3) is 0 Å². The molecule has 2 amide bonds. The van der Waals surface area contributed by atoms with Crippen molar-refractivity contribution < 1.29 is 19.1 Å². The second-order valence-electron chi connectivity index (χ2n) is 10.4. The Kier molecular flexibility index (Phi) is 17.8. The van der Waals surface area contributed by atoms with E-state index in [-0.39, 0.29) is 17.6 Å². The molecular formula is C27H53N3O4. The number of hydrogen-bond acceptors (Lipinski definition) is 5. The number of amides is 2. The average Bonchev–Trinajstić information content (AvgIpc) is 2.83. The quantitative estimate of drug-likeness (QED) is 0.212. The van der Waals surface area contributed by atoms with Crippen LogP contribution < -0.4 is 10.6 Å². The van der Waals surface area contributed by atoms with Crippen LogP contribution in [0.3, 0.4) is 0 Å². The van der Waals surface area contributed by atoms with E-state index in [0.717, 1.165) is 51.5 Å². The third-order valence-electron chi connectivity index (χ3n) is 6.78. The average molecular weight is 484 g/mol. The van der Waals surface area contributed by atoms with Gasteiger partial charge in [-0.3, -0.25) is 0 Å². The van der Waals surface area contributed by atoms with Crippen LogP contribution >= 0.6 is 0 Å². The Morgan fingerprint density at radius 2 is 1.18 bits per heavy atom. The van der Waals surface area contributed by atoms with Gasteiger partial charge in [-0.2, -0.15) is 0 Å². The molecular weight excluding hydrogens is 430 g/mol. The number of nitrogens with one attached hydrogen (secondary N) is 2. The molecule has 0 atom stereocenters. The van der Waals surface area contributed by atoms with Gasteiger partial charge in [-0.1, -0.05) is 84.0 Å². The number of carbonyl (C=O) groups excluding carboxylic acids is 2. The van der Waals surface area contributed by atoms with Crippen LogP contribution in [0.5, 0.6) is 0 Å². The number of ether oxygens (including phenoxy) is 2. The van der Waals surface area contributed by atoms with E-state index in [1.54, 1.807) is 0 Å². The lowest BCUT2D eigenvalue weighted by Gasteiger charge is -2.35. The molecule has 7 nitrogen and oxygen atoms in total. The molecule has 0 aromatic rings. The van der Waals surface area contributed by atoms with E-state index in [0.29, 0.717) is 26.3 Å². The van der Waals surface area contributed by atoms with E-state index in [2.05, 4.69) is 22.5 Å². The summed E-state index contributed by atoms with van der Waals surface area (Å²) in [6, 6.07) is 0. The lowest BCUT2D eigenvalue weighted by molar-refractivity contribution is 0.00310. The zero-order valence-corrected chi connectivity index (χ0v) is 22.4. The van der Waals surface area contributed by atoms with Crippen LogP contribution in [0.15, 0.2) is 0 Å². The minimum absolute atomic E-state index is 0.256. The van der Waals surface area contributed by atoms with E-state index >= 15 is 0 Å². The van der Waals surface area contributed by atoms with E-state index in [1.165, 1.54) is 57.8 Å². The van der Waals surface area contributed by atoms with Gasteiger partial charge in [-0.25, -0.2) is 9.59 Å². The Morgan fingerprint density at radius 1 is 0.706 bits per heavy atom. The first-order valence-electron chi connectivity index (χ1n) is 13.9. The fraction of sp³-hybridized carbons (Fsp3) is 0.926. The number of alkyl carbamates (subject to hydrolysis) is 2. The molecule has 34 heavy (non-hydrogen) atoms. The molecule has 1 saturated carbocycles. The molecule has 2 N–H and O–H groups in total. The van der Waals surface area contributed by atoms with E-state index in [4.69, 9.17) is 9.47 Å². The van der Waals surface area contributed by atoms with Crippen molar-refractivity contribution in [2.45, 2.75) is 110 Å². The third kappa shape index (κ3) is 16.2. The maximum absolute atomic E-state index is 12.2. The largest absolute Gasteiger partial charge is 0.449 e. The Labute approximate surface area is 209 Å². The molecule has 0 aromatic heterocycles. The van der Waals surface area contributed by atoms with Crippen LogP contribution in [0.4, 0.5) is 9.59 Å². The Morgan fingerprint density at radius 3 is 1.68 bits per heavy atom. The summed E-state index contributed by atoms with van der Waals surface area (Å²) in [5, 5.41) is 5.70. The summed E-state index contributed by atoms with van der Waals surface area (Å²) >= 11 is 0. The summed E-state index contributed by atoms with van der Waals surface area (Å²) in [6.07, 6.45) is 18.1. The van der Waals surface area contributed by atoms with Crippen molar-refractivity contribution in [3.05, 3.63) is 0 Å². The first kappa shape index (κ1) is 30.5. The summed E-state index contributed by atoms with van der Waals surface area (Å²) < 4.78 is 11.1. The predicted molar refractivity (Wildman–Crippen MR) is 139 cm³/mol. The van der Waals surface area contributed by atoms with Gasteiger partial charge in [0.05, 0.1) is 0 Å². The molecule has 1 rings (SSSR count). The molecule has 0 saturated heterocycles. The van der Waals surface area contributed by atoms with Gasteiger partial charge < -0.3 is 25.0 Å². The summed E-state index contributed by atoms with van der Waals surface area (Å²) in [5.41, 5.74) is -0.256. The fourth-order valence-corrected chi connectivity index (χ4v) is 4.56. The molecule has 1 fully saturated rings. The minimum Gasteiger partial charge on any atom is -0.449 e. The van der Waals surface area contributed by atoms with E-state index in [9.17, 15) is 9.59 Å². The van der Waals surface area contributed by atoms with Crippen LogP contribution in [0, 0.1) is 5.41 Å². The Hall–Kier alpha value is -1.50. The highest BCUT2D eigenvalue weighted by molar-refractivity contribution is 5.67. The van der Waals surface area contributed by atoms with Crippen molar-refractivity contribution in [3.8, 4) is 0 Å². The first-order chi connectivity index (χ1) is 16.5. The van der Waals surface area contributed by atoms with Gasteiger partial charge in [0.2, 0.25) is 0 Å². The minimum atomic E-state index is -0.380. The molecule has 7 heteroatoms. The monoisotopic (exact) mass is 483 g/mol. The third-order valence-corrected chi connectivity index (χ3v) is 6.78. The normalized spacial score (nSPS) is 15.2. The molecule has 0 aromatic carbocycles. The Bertz CT molecular complexity index is 522. The van der Waals surface area contributed by atoms with Crippen LogP contribution in [-0.2, 0) is 9.47 Å². The van der Waals surface area contributed by atoms with Crippen molar-refractivity contribution >= 4 is 12.2 Å². The lowest BCUT2D eigenvalue weighted by atomic mass is 9.75. The SMILES string of the molecule is CCCCCCCCCCCCNC(=O)OCC1(COC(=O)NCCCN(C)C)CCCCC1. The second-order valence-corrected chi connectivity index (χ2v) is 10.4. The highest BCUT2D eigenvalue weighted by atomic mass is 16.6. The smallest absolute Gasteiger partial charge is 0.407 e. The predicted octanol–water partition coefficient (Wildman–Crippen LogP) is 6.26. The summed E-state index contributed by atoms with van der Waals surface area (Å²) in [4.78, 5) is 26.4. The Balaban J connectivity index is 2.15. The van der Waals surface area contributed by atoms with Crippen molar-refractivity contribution in [2.75, 3.05) is 46.9 Å². The van der Waals surface area contributed by atoms with Gasteiger partial charge in [-0.05, 0) is 46.3 Å². The van der Waals surface area contributed by atoms with Gasteiger partial charge in [-0.15, -0.1) is 0 Å². The zero-order chi connectivity index (χ0) is 24.9. The van der Waals surface area contributed by atoms with Gasteiger partial charge in [0, 0.05) is 18.5 Å². The van der Waals surface area contributed by atoms with Crippen molar-refractivity contribution in [1.29, 1.82) is 0 Å². The summed E-state index contributed by atoms with van der Waals surface area (Å²) in [7, 11) is 4.02. The standard InChI is InChI=1S/C27H53N3O4/c1-4-5-6-7-8-9-10-11-12-16-20-28-25(31)33-23-27(18-14-13-15-19-27)24-34-26(32)29-21-17-22-30(2)3/h4-24H2,1-3H3,(H,28,31)(H,29,32). The van der Waals surface area contributed by atoms with Crippen molar-refractivity contribution in [3.63, 3.8) is 0 Å². The number of unbranched alkanes of at least 4 members (excludes halogenated alkanes) is 9. The lowest BCUT2D eigenvalue weighted by Crippen LogP contribution is -2.39. The maximum atomic E-state index is 12.2. The molecule has 0 bridgehead atoms. The molecule has 0 radical (unpaired) electrons.